The fourth-order valence-corrected chi connectivity index (χ4v) is 5.90. The first kappa shape index (κ1) is 27.2. The first-order valence-corrected chi connectivity index (χ1v) is 14.1. The van der Waals surface area contributed by atoms with Gasteiger partial charge in [0.05, 0.1) is 10.9 Å². The maximum Gasteiger partial charge on any atom is 0.296 e. The highest BCUT2D eigenvalue weighted by atomic mass is 32.2. The van der Waals surface area contributed by atoms with Crippen LogP contribution in [0.3, 0.4) is 0 Å². The second-order valence-electron chi connectivity index (χ2n) is 9.05. The number of aromatic nitrogens is 3. The average molecular weight is 536 g/mol. The van der Waals surface area contributed by atoms with E-state index in [0.717, 1.165) is 24.8 Å². The van der Waals surface area contributed by atoms with Gasteiger partial charge in [-0.15, -0.1) is 0 Å². The van der Waals surface area contributed by atoms with Gasteiger partial charge < -0.3 is 5.11 Å². The van der Waals surface area contributed by atoms with E-state index in [1.165, 1.54) is 35.0 Å². The van der Waals surface area contributed by atoms with E-state index in [-0.39, 0.29) is 4.90 Å². The van der Waals surface area contributed by atoms with Gasteiger partial charge >= 0.3 is 0 Å². The van der Waals surface area contributed by atoms with Crippen LogP contribution in [0, 0.1) is 5.95 Å². The smallest absolute Gasteiger partial charge is 0.296 e. The molecule has 7 nitrogen and oxygen atoms in total. The minimum absolute atomic E-state index is 0.163. The van der Waals surface area contributed by atoms with Crippen LogP contribution in [-0.2, 0) is 16.3 Å². The molecule has 0 aliphatic carbocycles. The molecule has 0 spiro atoms. The highest BCUT2D eigenvalue weighted by Crippen LogP contribution is 2.34. The summed E-state index contributed by atoms with van der Waals surface area (Å²) in [5, 5.41) is 11.4. The standard InChI is InChI=1S/C29H30FN3O4S/c1-3-5-7-12-26-32-28(34)27(29(35)33(26)24(4-2)21-10-8-6-9-11-21)38(36,37)23-16-13-20(14-17-23)22-15-18-25(30)31-19-22/h6,8-11,13-19,24,35H,3-5,7,12H2,1-2H3/t24-/m0/s1. The molecule has 0 bridgehead atoms. The van der Waals surface area contributed by atoms with Gasteiger partial charge in [0, 0.05) is 18.2 Å². The number of halogens is 1. The van der Waals surface area contributed by atoms with Crippen LogP contribution in [0.2, 0.25) is 0 Å². The molecule has 0 aliphatic heterocycles. The molecule has 0 saturated heterocycles. The summed E-state index contributed by atoms with van der Waals surface area (Å²) in [6.45, 7) is 3.99. The van der Waals surface area contributed by atoms with Crippen LogP contribution in [0.5, 0.6) is 5.88 Å². The molecule has 0 radical (unpaired) electrons. The van der Waals surface area contributed by atoms with Crippen molar-refractivity contribution in [3.63, 3.8) is 0 Å². The lowest BCUT2D eigenvalue weighted by Gasteiger charge is -2.25. The summed E-state index contributed by atoms with van der Waals surface area (Å²) >= 11 is 0. The van der Waals surface area contributed by atoms with Gasteiger partial charge in [-0.2, -0.15) is 9.37 Å². The third-order valence-electron chi connectivity index (χ3n) is 6.51. The number of unbranched alkanes of at least 4 members (excludes halogenated alkanes) is 2. The van der Waals surface area contributed by atoms with Gasteiger partial charge in [0.2, 0.25) is 21.7 Å². The van der Waals surface area contributed by atoms with Gasteiger partial charge in [-0.1, -0.05) is 69.2 Å². The Labute approximate surface area is 221 Å². The maximum atomic E-state index is 13.7. The number of hydrogen-bond donors (Lipinski definition) is 1. The molecule has 9 heteroatoms. The Hall–Kier alpha value is -3.85. The van der Waals surface area contributed by atoms with Crippen LogP contribution in [0.4, 0.5) is 4.39 Å². The van der Waals surface area contributed by atoms with E-state index in [1.54, 1.807) is 12.1 Å². The lowest BCUT2D eigenvalue weighted by atomic mass is 10.0. The van der Waals surface area contributed by atoms with Crippen molar-refractivity contribution in [3.05, 3.63) is 101 Å². The van der Waals surface area contributed by atoms with Crippen molar-refractivity contribution >= 4 is 9.84 Å². The highest BCUT2D eigenvalue weighted by Gasteiger charge is 2.31. The van der Waals surface area contributed by atoms with Gasteiger partial charge in [-0.3, -0.25) is 9.36 Å². The van der Waals surface area contributed by atoms with E-state index < -0.39 is 38.2 Å². The number of sulfone groups is 1. The molecular weight excluding hydrogens is 505 g/mol. The van der Waals surface area contributed by atoms with Crippen molar-refractivity contribution in [3.8, 4) is 17.0 Å². The van der Waals surface area contributed by atoms with Gasteiger partial charge in [0.1, 0.15) is 5.82 Å². The Bertz CT molecular complexity index is 1550. The summed E-state index contributed by atoms with van der Waals surface area (Å²) in [4.78, 5) is 20.0. The van der Waals surface area contributed by atoms with Gasteiger partial charge in [-0.05, 0) is 48.2 Å². The SMILES string of the molecule is CCCCCc1nc(=O)c(S(=O)(=O)c2ccc(-c3ccc(F)nc3)cc2)c(O)n1[C@@H](CC)c1ccccc1. The first-order valence-electron chi connectivity index (χ1n) is 12.6. The largest absolute Gasteiger partial charge is 0.493 e. The number of aromatic hydroxyl groups is 1. The Balaban J connectivity index is 1.83. The molecular formula is C29H30FN3O4S. The molecule has 38 heavy (non-hydrogen) atoms. The molecule has 0 amide bonds. The molecule has 0 aliphatic rings. The molecule has 198 valence electrons. The summed E-state index contributed by atoms with van der Waals surface area (Å²) in [5.41, 5.74) is 1.11. The quantitative estimate of drug-likeness (QED) is 0.206. The molecule has 0 unspecified atom stereocenters. The monoisotopic (exact) mass is 535 g/mol. The van der Waals surface area contributed by atoms with Crippen LogP contribution < -0.4 is 5.56 Å². The van der Waals surface area contributed by atoms with E-state index >= 15 is 0 Å². The molecule has 2 aromatic carbocycles. The molecule has 2 aromatic heterocycles. The van der Waals surface area contributed by atoms with Crippen LogP contribution in [0.1, 0.15) is 57.0 Å². The second kappa shape index (κ2) is 11.7. The highest BCUT2D eigenvalue weighted by molar-refractivity contribution is 7.91. The summed E-state index contributed by atoms with van der Waals surface area (Å²) in [6, 6.07) is 17.5. The summed E-state index contributed by atoms with van der Waals surface area (Å²) in [5.74, 6) is -0.875. The van der Waals surface area contributed by atoms with Crippen molar-refractivity contribution in [2.75, 3.05) is 0 Å². The molecule has 1 N–H and O–H groups in total. The fraction of sp³-hybridized carbons (Fsp3) is 0.276. The molecule has 0 fully saturated rings. The van der Waals surface area contributed by atoms with E-state index in [4.69, 9.17) is 0 Å². The minimum Gasteiger partial charge on any atom is -0.493 e. The number of nitrogens with zero attached hydrogens (tertiary/aromatic N) is 3. The zero-order valence-electron chi connectivity index (χ0n) is 21.3. The van der Waals surface area contributed by atoms with Crippen LogP contribution >= 0.6 is 0 Å². The van der Waals surface area contributed by atoms with Crippen molar-refractivity contribution in [1.29, 1.82) is 0 Å². The van der Waals surface area contributed by atoms with E-state index in [0.29, 0.717) is 29.8 Å². The van der Waals surface area contributed by atoms with Crippen LogP contribution in [0.15, 0.2) is 87.5 Å². The normalized spacial score (nSPS) is 12.4. The predicted octanol–water partition coefficient (Wildman–Crippen LogP) is 5.71. The Morgan fingerprint density at radius 1 is 0.947 bits per heavy atom. The zero-order chi connectivity index (χ0) is 27.3. The summed E-state index contributed by atoms with van der Waals surface area (Å²) in [7, 11) is -4.42. The molecule has 1 atom stereocenters. The average Bonchev–Trinajstić information content (AvgIpc) is 2.91. The van der Waals surface area contributed by atoms with E-state index in [2.05, 4.69) is 16.9 Å². The Morgan fingerprint density at radius 2 is 1.63 bits per heavy atom. The fourth-order valence-electron chi connectivity index (χ4n) is 4.55. The first-order chi connectivity index (χ1) is 18.3. The number of aryl methyl sites for hydroxylation is 1. The lowest BCUT2D eigenvalue weighted by molar-refractivity contribution is 0.358. The molecule has 0 saturated carbocycles. The maximum absolute atomic E-state index is 13.7. The van der Waals surface area contributed by atoms with Gasteiger partial charge in [-0.25, -0.2) is 13.4 Å². The minimum atomic E-state index is -4.42. The van der Waals surface area contributed by atoms with Crippen LogP contribution in [-0.4, -0.2) is 28.1 Å². The Morgan fingerprint density at radius 3 is 2.24 bits per heavy atom. The number of pyridine rings is 1. The van der Waals surface area contributed by atoms with Crippen molar-refractivity contribution in [1.82, 2.24) is 14.5 Å². The van der Waals surface area contributed by atoms with Gasteiger partial charge in [0.25, 0.3) is 5.56 Å². The zero-order valence-corrected chi connectivity index (χ0v) is 22.2. The van der Waals surface area contributed by atoms with Crippen LogP contribution in [0.25, 0.3) is 11.1 Å². The number of rotatable bonds is 10. The predicted molar refractivity (Wildman–Crippen MR) is 143 cm³/mol. The summed E-state index contributed by atoms with van der Waals surface area (Å²) < 4.78 is 42.0. The van der Waals surface area contributed by atoms with Crippen molar-refractivity contribution < 1.29 is 17.9 Å². The van der Waals surface area contributed by atoms with Crippen molar-refractivity contribution in [2.24, 2.45) is 0 Å². The van der Waals surface area contributed by atoms with Gasteiger partial charge in [0.15, 0.2) is 4.90 Å². The molecule has 2 heterocycles. The van der Waals surface area contributed by atoms with E-state index in [1.807, 2.05) is 37.3 Å². The number of hydrogen-bond acceptors (Lipinski definition) is 6. The molecule has 4 rings (SSSR count). The van der Waals surface area contributed by atoms with Crippen molar-refractivity contribution in [2.45, 2.75) is 61.8 Å². The lowest BCUT2D eigenvalue weighted by Crippen LogP contribution is -2.27. The molecule has 4 aromatic rings. The topological polar surface area (TPSA) is 102 Å². The third-order valence-corrected chi connectivity index (χ3v) is 8.30. The third kappa shape index (κ3) is 5.52. The van der Waals surface area contributed by atoms with E-state index in [9.17, 15) is 22.7 Å². The second-order valence-corrected chi connectivity index (χ2v) is 10.9. The summed E-state index contributed by atoms with van der Waals surface area (Å²) in [6.07, 6.45) is 4.94. The number of benzene rings is 2. The Kier molecular flexibility index (Phi) is 8.36.